The number of carbonyl (C=O) groups excluding carboxylic acids is 2. The lowest BCUT2D eigenvalue weighted by Crippen LogP contribution is -2.52. The molecule has 4 N–H and O–H groups in total. The van der Waals surface area contributed by atoms with Gasteiger partial charge in [-0.05, 0) is 45.6 Å². The van der Waals surface area contributed by atoms with Crippen molar-refractivity contribution in [2.24, 2.45) is 5.92 Å². The highest BCUT2D eigenvalue weighted by atomic mass is 16.6. The molecular weight excluding hydrogens is 406 g/mol. The van der Waals surface area contributed by atoms with Crippen molar-refractivity contribution in [2.75, 3.05) is 12.0 Å². The first kappa shape index (κ1) is 24.6. The smallest absolute Gasteiger partial charge is 0.408 e. The number of hydrogen-bond acceptors (Lipinski definition) is 8. The summed E-state index contributed by atoms with van der Waals surface area (Å²) < 4.78 is 12.2. The Balaban J connectivity index is 1.99. The Bertz CT molecular complexity index is 821. The number of hydrogen-bond donors (Lipinski definition) is 4. The van der Waals surface area contributed by atoms with Gasteiger partial charge in [-0.1, -0.05) is 20.3 Å². The summed E-state index contributed by atoms with van der Waals surface area (Å²) in [5.41, 5.74) is 3.85. The van der Waals surface area contributed by atoms with Crippen LogP contribution in [0.25, 0.3) is 0 Å². The Hall–Kier alpha value is -2.66. The van der Waals surface area contributed by atoms with E-state index in [4.69, 9.17) is 14.6 Å². The van der Waals surface area contributed by atoms with Crippen LogP contribution in [0.5, 0.6) is 0 Å². The molecule has 0 spiro atoms. The average molecular weight is 440 g/mol. The van der Waals surface area contributed by atoms with Gasteiger partial charge in [-0.15, -0.1) is 0 Å². The third kappa shape index (κ3) is 7.21. The van der Waals surface area contributed by atoms with Crippen LogP contribution in [0, 0.1) is 5.92 Å². The monoisotopic (exact) mass is 439 g/mol. The van der Waals surface area contributed by atoms with Gasteiger partial charge in [0.05, 0.1) is 12.7 Å². The minimum Gasteiger partial charge on any atom is -0.444 e. The number of nitrogens with zero attached hydrogens (tertiary/aromatic N) is 2. The van der Waals surface area contributed by atoms with E-state index < -0.39 is 35.6 Å². The summed E-state index contributed by atoms with van der Waals surface area (Å²) in [4.78, 5) is 41.0. The fraction of sp³-hybridized carbons (Fsp3) is 0.700. The maximum atomic E-state index is 12.6. The number of nitrogens with one attached hydrogen (secondary N) is 3. The van der Waals surface area contributed by atoms with Crippen LogP contribution in [0.3, 0.4) is 0 Å². The van der Waals surface area contributed by atoms with Gasteiger partial charge in [-0.25, -0.2) is 9.59 Å². The highest BCUT2D eigenvalue weighted by Crippen LogP contribution is 2.26. The van der Waals surface area contributed by atoms with E-state index in [2.05, 4.69) is 21.2 Å². The molecule has 0 aliphatic carbocycles. The Labute approximate surface area is 181 Å². The van der Waals surface area contributed by atoms with Crippen molar-refractivity contribution in [3.8, 4) is 0 Å². The number of aromatic nitrogens is 2. The normalized spacial score (nSPS) is 20.6. The molecule has 2 rings (SSSR count). The second kappa shape index (κ2) is 10.6. The summed E-state index contributed by atoms with van der Waals surface area (Å²) in [5.74, 6) is -0.503. The SMILES string of the molecule is CCC(C)C(NC(=O)OC(C)(C)C)C(=O)NNc1ccn(C2CCC(CO)O2)c(=O)n1. The van der Waals surface area contributed by atoms with Crippen LogP contribution >= 0.6 is 0 Å². The van der Waals surface area contributed by atoms with Crippen molar-refractivity contribution in [2.45, 2.75) is 77.9 Å². The molecule has 0 aromatic carbocycles. The number of anilines is 1. The molecule has 1 aromatic rings. The summed E-state index contributed by atoms with van der Waals surface area (Å²) in [6.07, 6.45) is 1.97. The van der Waals surface area contributed by atoms with Crippen LogP contribution in [-0.4, -0.2) is 51.0 Å². The predicted molar refractivity (Wildman–Crippen MR) is 113 cm³/mol. The maximum absolute atomic E-state index is 12.6. The van der Waals surface area contributed by atoms with E-state index in [1.54, 1.807) is 20.8 Å². The molecule has 174 valence electrons. The molecule has 31 heavy (non-hydrogen) atoms. The number of ether oxygens (including phenoxy) is 2. The number of hydrazine groups is 1. The molecule has 1 aromatic heterocycles. The number of rotatable bonds is 8. The summed E-state index contributed by atoms with van der Waals surface area (Å²) in [7, 11) is 0. The number of alkyl carbamates (subject to hydrolysis) is 1. The lowest BCUT2D eigenvalue weighted by atomic mass is 9.99. The summed E-state index contributed by atoms with van der Waals surface area (Å²) in [6, 6.07) is 0.687. The van der Waals surface area contributed by atoms with E-state index in [0.29, 0.717) is 19.3 Å². The third-order valence-electron chi connectivity index (χ3n) is 4.91. The van der Waals surface area contributed by atoms with Crippen molar-refractivity contribution in [3.63, 3.8) is 0 Å². The fourth-order valence-electron chi connectivity index (χ4n) is 3.07. The van der Waals surface area contributed by atoms with Gasteiger partial charge in [-0.2, -0.15) is 4.98 Å². The van der Waals surface area contributed by atoms with Gasteiger partial charge in [0.25, 0.3) is 5.91 Å². The third-order valence-corrected chi connectivity index (χ3v) is 4.91. The van der Waals surface area contributed by atoms with Crippen LogP contribution < -0.4 is 21.9 Å². The molecule has 1 fully saturated rings. The minimum atomic E-state index is -0.838. The number of carbonyl (C=O) groups is 2. The highest BCUT2D eigenvalue weighted by molar-refractivity contribution is 5.86. The number of amides is 2. The van der Waals surface area contributed by atoms with Crippen LogP contribution in [0.1, 0.15) is 60.1 Å². The minimum absolute atomic E-state index is 0.0982. The Kier molecular flexibility index (Phi) is 8.40. The van der Waals surface area contributed by atoms with E-state index in [-0.39, 0.29) is 24.4 Å². The molecule has 1 saturated heterocycles. The Morgan fingerprint density at radius 3 is 2.65 bits per heavy atom. The Morgan fingerprint density at radius 2 is 2.10 bits per heavy atom. The number of aliphatic hydroxyl groups is 1. The topological polar surface area (TPSA) is 144 Å². The zero-order valence-corrected chi connectivity index (χ0v) is 18.7. The average Bonchev–Trinajstić information content (AvgIpc) is 3.17. The summed E-state index contributed by atoms with van der Waals surface area (Å²) >= 11 is 0. The molecule has 2 heterocycles. The van der Waals surface area contributed by atoms with Gasteiger partial charge in [0.2, 0.25) is 0 Å². The van der Waals surface area contributed by atoms with Crippen LogP contribution in [0.4, 0.5) is 10.6 Å². The Morgan fingerprint density at radius 1 is 1.39 bits per heavy atom. The van der Waals surface area contributed by atoms with Crippen molar-refractivity contribution in [1.82, 2.24) is 20.3 Å². The van der Waals surface area contributed by atoms with Crippen molar-refractivity contribution in [3.05, 3.63) is 22.7 Å². The fourth-order valence-corrected chi connectivity index (χ4v) is 3.07. The first-order valence-electron chi connectivity index (χ1n) is 10.4. The zero-order chi connectivity index (χ0) is 23.2. The lowest BCUT2D eigenvalue weighted by molar-refractivity contribution is -0.123. The molecule has 0 saturated carbocycles. The van der Waals surface area contributed by atoms with Crippen molar-refractivity contribution >= 4 is 17.8 Å². The molecule has 4 atom stereocenters. The largest absolute Gasteiger partial charge is 0.444 e. The van der Waals surface area contributed by atoms with Gasteiger partial charge in [0, 0.05) is 6.20 Å². The second-order valence-corrected chi connectivity index (χ2v) is 8.60. The van der Waals surface area contributed by atoms with E-state index in [0.717, 1.165) is 0 Å². The molecule has 0 bridgehead atoms. The van der Waals surface area contributed by atoms with Crippen molar-refractivity contribution in [1.29, 1.82) is 0 Å². The van der Waals surface area contributed by atoms with Crippen LogP contribution in [0.2, 0.25) is 0 Å². The van der Waals surface area contributed by atoms with Crippen molar-refractivity contribution < 1.29 is 24.2 Å². The van der Waals surface area contributed by atoms with Gasteiger partial charge in [-0.3, -0.25) is 20.2 Å². The maximum Gasteiger partial charge on any atom is 0.408 e. The molecule has 4 unspecified atom stereocenters. The quantitative estimate of drug-likeness (QED) is 0.444. The molecule has 11 nitrogen and oxygen atoms in total. The van der Waals surface area contributed by atoms with E-state index in [9.17, 15) is 14.4 Å². The van der Waals surface area contributed by atoms with Crippen LogP contribution in [-0.2, 0) is 14.3 Å². The second-order valence-electron chi connectivity index (χ2n) is 8.60. The number of aliphatic hydroxyl groups excluding tert-OH is 1. The summed E-state index contributed by atoms with van der Waals surface area (Å²) in [6.45, 7) is 8.85. The lowest BCUT2D eigenvalue weighted by Gasteiger charge is -2.26. The molecule has 1 aliphatic rings. The standard InChI is InChI=1S/C20H33N5O6/c1-6-12(2)16(22-19(29)31-20(3,4)5)17(27)24-23-14-9-10-25(18(28)21-14)15-8-7-13(11-26)30-15/h9-10,12-13,15-16,26H,6-8,11H2,1-5H3,(H,22,29)(H,24,27)(H,21,23,28). The summed E-state index contributed by atoms with van der Waals surface area (Å²) in [5, 5.41) is 11.8. The highest BCUT2D eigenvalue weighted by Gasteiger charge is 2.29. The molecular formula is C20H33N5O6. The first-order valence-corrected chi connectivity index (χ1v) is 10.4. The van der Waals surface area contributed by atoms with E-state index in [1.807, 2.05) is 13.8 Å². The molecule has 0 radical (unpaired) electrons. The van der Waals surface area contributed by atoms with Crippen LogP contribution in [0.15, 0.2) is 17.1 Å². The molecule has 11 heteroatoms. The zero-order valence-electron chi connectivity index (χ0n) is 18.7. The van der Waals surface area contributed by atoms with Gasteiger partial charge >= 0.3 is 11.8 Å². The first-order chi connectivity index (χ1) is 14.5. The molecule has 2 amide bonds. The molecule has 1 aliphatic heterocycles. The predicted octanol–water partition coefficient (Wildman–Crippen LogP) is 1.30. The van der Waals surface area contributed by atoms with Gasteiger partial charge < -0.3 is 19.9 Å². The van der Waals surface area contributed by atoms with E-state index in [1.165, 1.54) is 16.8 Å². The van der Waals surface area contributed by atoms with Gasteiger partial charge in [0.1, 0.15) is 17.9 Å². The van der Waals surface area contributed by atoms with Gasteiger partial charge in [0.15, 0.2) is 5.82 Å². The van der Waals surface area contributed by atoms with E-state index >= 15 is 0 Å².